The van der Waals surface area contributed by atoms with Crippen LogP contribution < -0.4 is 5.56 Å². The smallest absolute Gasteiger partial charge is 0.303 e. The predicted molar refractivity (Wildman–Crippen MR) is 45.4 cm³/mol. The van der Waals surface area contributed by atoms with E-state index in [1.807, 2.05) is 0 Å². The van der Waals surface area contributed by atoms with Crippen molar-refractivity contribution in [3.8, 4) is 0 Å². The standard InChI is InChI=1S/C8H10N2O3/c11-7-3-1-5-9-10(7)6-2-4-8(12)13/h1,3,5H,2,4,6H2,(H,12,13). The van der Waals surface area contributed by atoms with Gasteiger partial charge in [0.1, 0.15) is 0 Å². The lowest BCUT2D eigenvalue weighted by Crippen LogP contribution is -2.21. The molecular formula is C8H10N2O3. The molecule has 0 unspecified atom stereocenters. The molecule has 0 aliphatic carbocycles. The van der Waals surface area contributed by atoms with Gasteiger partial charge in [-0.3, -0.25) is 9.59 Å². The molecule has 1 aromatic rings. The lowest BCUT2D eigenvalue weighted by molar-refractivity contribution is -0.137. The molecule has 1 aromatic heterocycles. The number of hydrogen-bond donors (Lipinski definition) is 1. The zero-order chi connectivity index (χ0) is 9.68. The molecule has 13 heavy (non-hydrogen) atoms. The third-order valence-electron chi connectivity index (χ3n) is 1.55. The second-order valence-corrected chi connectivity index (χ2v) is 2.58. The minimum Gasteiger partial charge on any atom is -0.481 e. The van der Waals surface area contributed by atoms with Gasteiger partial charge in [-0.15, -0.1) is 0 Å². The highest BCUT2D eigenvalue weighted by atomic mass is 16.4. The second-order valence-electron chi connectivity index (χ2n) is 2.58. The monoisotopic (exact) mass is 182 g/mol. The second kappa shape index (κ2) is 4.39. The molecule has 0 aliphatic rings. The van der Waals surface area contributed by atoms with Crippen LogP contribution in [0.25, 0.3) is 0 Å². The number of carbonyl (C=O) groups is 1. The van der Waals surface area contributed by atoms with Gasteiger partial charge in [0.2, 0.25) is 0 Å². The molecule has 1 heterocycles. The first-order chi connectivity index (χ1) is 6.20. The molecule has 70 valence electrons. The summed E-state index contributed by atoms with van der Waals surface area (Å²) in [7, 11) is 0. The SMILES string of the molecule is O=C(O)CCCn1ncccc1=O. The maximum absolute atomic E-state index is 11.0. The van der Waals surface area contributed by atoms with Crippen LogP contribution in [0.3, 0.4) is 0 Å². The van der Waals surface area contributed by atoms with Gasteiger partial charge in [-0.2, -0.15) is 5.10 Å². The number of carboxylic acids is 1. The molecule has 5 nitrogen and oxygen atoms in total. The molecule has 0 amide bonds. The molecule has 0 atom stereocenters. The molecule has 0 fully saturated rings. The minimum atomic E-state index is -0.857. The fourth-order valence-corrected chi connectivity index (χ4v) is 0.935. The molecule has 0 aromatic carbocycles. The molecule has 1 N–H and O–H groups in total. The first kappa shape index (κ1) is 9.44. The van der Waals surface area contributed by atoms with Crippen LogP contribution in [0, 0.1) is 0 Å². The Morgan fingerprint density at radius 3 is 3.00 bits per heavy atom. The first-order valence-corrected chi connectivity index (χ1v) is 3.94. The molecule has 0 bridgehead atoms. The van der Waals surface area contributed by atoms with Gasteiger partial charge in [0.05, 0.1) is 0 Å². The topological polar surface area (TPSA) is 72.2 Å². The highest BCUT2D eigenvalue weighted by Gasteiger charge is 1.98. The zero-order valence-corrected chi connectivity index (χ0v) is 7.01. The average Bonchev–Trinajstić information content (AvgIpc) is 2.08. The van der Waals surface area contributed by atoms with Gasteiger partial charge in [-0.25, -0.2) is 4.68 Å². The number of nitrogens with zero attached hydrogens (tertiary/aromatic N) is 2. The van der Waals surface area contributed by atoms with Crippen molar-refractivity contribution in [3.05, 3.63) is 28.7 Å². The van der Waals surface area contributed by atoms with E-state index in [1.54, 1.807) is 6.07 Å². The number of aryl methyl sites for hydroxylation is 1. The van der Waals surface area contributed by atoms with Crippen molar-refractivity contribution < 1.29 is 9.90 Å². The summed E-state index contributed by atoms with van der Waals surface area (Å²) in [4.78, 5) is 21.2. The molecule has 5 heteroatoms. The number of rotatable bonds is 4. The van der Waals surface area contributed by atoms with E-state index >= 15 is 0 Å². The fourth-order valence-electron chi connectivity index (χ4n) is 0.935. The Morgan fingerprint density at radius 2 is 2.38 bits per heavy atom. The largest absolute Gasteiger partial charge is 0.481 e. The summed E-state index contributed by atoms with van der Waals surface area (Å²) < 4.78 is 1.25. The number of aliphatic carboxylic acids is 1. The van der Waals surface area contributed by atoms with Crippen molar-refractivity contribution in [2.45, 2.75) is 19.4 Å². The Kier molecular flexibility index (Phi) is 3.19. The van der Waals surface area contributed by atoms with Gasteiger partial charge in [0.25, 0.3) is 5.56 Å². The summed E-state index contributed by atoms with van der Waals surface area (Å²) in [5, 5.41) is 12.1. The van der Waals surface area contributed by atoms with E-state index in [1.165, 1.54) is 16.9 Å². The van der Waals surface area contributed by atoms with Crippen molar-refractivity contribution in [2.24, 2.45) is 0 Å². The fraction of sp³-hybridized carbons (Fsp3) is 0.375. The first-order valence-electron chi connectivity index (χ1n) is 3.94. The van der Waals surface area contributed by atoms with Crippen LogP contribution in [-0.4, -0.2) is 20.9 Å². The summed E-state index contributed by atoms with van der Waals surface area (Å²) >= 11 is 0. The molecule has 0 spiro atoms. The summed E-state index contributed by atoms with van der Waals surface area (Å²) in [6.07, 6.45) is 1.98. The van der Waals surface area contributed by atoms with Crippen molar-refractivity contribution >= 4 is 5.97 Å². The summed E-state index contributed by atoms with van der Waals surface area (Å²) in [6, 6.07) is 2.95. The Bertz CT molecular complexity index is 345. The molecule has 0 saturated carbocycles. The predicted octanol–water partition coefficient (Wildman–Crippen LogP) is 0.108. The van der Waals surface area contributed by atoms with E-state index in [0.717, 1.165) is 0 Å². The Labute approximate surface area is 74.6 Å². The van der Waals surface area contributed by atoms with Crippen molar-refractivity contribution in [3.63, 3.8) is 0 Å². The van der Waals surface area contributed by atoms with E-state index in [0.29, 0.717) is 13.0 Å². The van der Waals surface area contributed by atoms with Crippen LogP contribution in [0.15, 0.2) is 23.1 Å². The quantitative estimate of drug-likeness (QED) is 0.717. The highest BCUT2D eigenvalue weighted by molar-refractivity contribution is 5.66. The molecule has 1 rings (SSSR count). The van der Waals surface area contributed by atoms with Gasteiger partial charge in [-0.1, -0.05) is 0 Å². The molecule has 0 radical (unpaired) electrons. The van der Waals surface area contributed by atoms with Crippen molar-refractivity contribution in [1.82, 2.24) is 9.78 Å². The van der Waals surface area contributed by atoms with Crippen LogP contribution in [0.4, 0.5) is 0 Å². The number of aromatic nitrogens is 2. The minimum absolute atomic E-state index is 0.0585. The Hall–Kier alpha value is -1.65. The van der Waals surface area contributed by atoms with E-state index in [2.05, 4.69) is 5.10 Å². The lowest BCUT2D eigenvalue weighted by atomic mass is 10.3. The van der Waals surface area contributed by atoms with Gasteiger partial charge in [-0.05, 0) is 12.5 Å². The molecular weight excluding hydrogens is 172 g/mol. The third kappa shape index (κ3) is 3.06. The van der Waals surface area contributed by atoms with Crippen LogP contribution in [0.1, 0.15) is 12.8 Å². The number of hydrogen-bond acceptors (Lipinski definition) is 3. The van der Waals surface area contributed by atoms with Crippen LogP contribution >= 0.6 is 0 Å². The van der Waals surface area contributed by atoms with Crippen molar-refractivity contribution in [2.75, 3.05) is 0 Å². The maximum Gasteiger partial charge on any atom is 0.303 e. The Morgan fingerprint density at radius 1 is 1.62 bits per heavy atom. The zero-order valence-electron chi connectivity index (χ0n) is 7.01. The van der Waals surface area contributed by atoms with E-state index < -0.39 is 5.97 Å². The van der Waals surface area contributed by atoms with Gasteiger partial charge < -0.3 is 5.11 Å². The van der Waals surface area contributed by atoms with Gasteiger partial charge in [0, 0.05) is 25.2 Å². The maximum atomic E-state index is 11.0. The summed E-state index contributed by atoms with van der Waals surface area (Å²) in [6.45, 7) is 0.353. The van der Waals surface area contributed by atoms with E-state index in [9.17, 15) is 9.59 Å². The Balaban J connectivity index is 2.50. The number of carboxylic acid groups (broad SMARTS) is 1. The van der Waals surface area contributed by atoms with Crippen LogP contribution in [0.2, 0.25) is 0 Å². The summed E-state index contributed by atoms with van der Waals surface area (Å²) in [5.74, 6) is -0.857. The van der Waals surface area contributed by atoms with E-state index in [4.69, 9.17) is 5.11 Å². The lowest BCUT2D eigenvalue weighted by Gasteiger charge is -2.00. The molecule has 0 aliphatic heterocycles. The summed E-state index contributed by atoms with van der Waals surface area (Å²) in [5.41, 5.74) is -0.201. The van der Waals surface area contributed by atoms with Gasteiger partial charge in [0.15, 0.2) is 0 Å². The normalized spacial score (nSPS) is 9.85. The average molecular weight is 182 g/mol. The van der Waals surface area contributed by atoms with Crippen LogP contribution in [-0.2, 0) is 11.3 Å². The van der Waals surface area contributed by atoms with Crippen LogP contribution in [0.5, 0.6) is 0 Å². The van der Waals surface area contributed by atoms with Crippen molar-refractivity contribution in [1.29, 1.82) is 0 Å². The van der Waals surface area contributed by atoms with Gasteiger partial charge >= 0.3 is 5.97 Å². The molecule has 0 saturated heterocycles. The third-order valence-corrected chi connectivity index (χ3v) is 1.55. The highest BCUT2D eigenvalue weighted by Crippen LogP contribution is 1.90. The van der Waals surface area contributed by atoms with E-state index in [-0.39, 0.29) is 12.0 Å².